The average Bonchev–Trinajstić information content (AvgIpc) is 2.31. The lowest BCUT2D eigenvalue weighted by Crippen LogP contribution is -2.19. The Morgan fingerprint density at radius 2 is 1.75 bits per heavy atom. The van der Waals surface area contributed by atoms with Gasteiger partial charge in [-0.2, -0.15) is 0 Å². The maximum atomic E-state index is 5.78. The summed E-state index contributed by atoms with van der Waals surface area (Å²) in [5, 5.41) is 0. The van der Waals surface area contributed by atoms with Gasteiger partial charge in [0.05, 0.1) is 18.9 Å². The summed E-state index contributed by atoms with van der Waals surface area (Å²) >= 11 is 0. The second-order valence-corrected chi connectivity index (χ2v) is 6.29. The molecule has 0 aromatic heterocycles. The summed E-state index contributed by atoms with van der Waals surface area (Å²) in [5.74, 6) is 0. The molecule has 5 heteroatoms. The number of hydrogen-bond donors (Lipinski definition) is 0. The molecular formula is C11H17N2O2P. The minimum atomic E-state index is -2.23. The standard InChI is InChI=1S/C11H17N2O2P/c1-13(2)16(14-9-6-10-15-16)12-11-7-4-3-5-8-11/h3-5,7-8H,6,9-10H2,1-2H3. The van der Waals surface area contributed by atoms with Crippen LogP contribution in [0.3, 0.4) is 0 Å². The molecule has 16 heavy (non-hydrogen) atoms. The Balaban J connectivity index is 2.35. The van der Waals surface area contributed by atoms with Crippen LogP contribution in [0.25, 0.3) is 0 Å². The number of rotatable bonds is 2. The van der Waals surface area contributed by atoms with Gasteiger partial charge in [0.2, 0.25) is 0 Å². The van der Waals surface area contributed by atoms with Crippen LogP contribution in [0.4, 0.5) is 5.69 Å². The van der Waals surface area contributed by atoms with Gasteiger partial charge in [0, 0.05) is 0 Å². The molecule has 1 aromatic rings. The minimum Gasteiger partial charge on any atom is -0.312 e. The number of hydrogen-bond acceptors (Lipinski definition) is 3. The Morgan fingerprint density at radius 1 is 1.12 bits per heavy atom. The molecule has 0 N–H and O–H groups in total. The van der Waals surface area contributed by atoms with Crippen LogP contribution in [0.2, 0.25) is 0 Å². The fourth-order valence-electron chi connectivity index (χ4n) is 1.48. The predicted octanol–water partition coefficient (Wildman–Crippen LogP) is 3.26. The fraction of sp³-hybridized carbons (Fsp3) is 0.455. The van der Waals surface area contributed by atoms with Gasteiger partial charge in [-0.3, -0.25) is 0 Å². The van der Waals surface area contributed by atoms with Crippen LogP contribution in [0.1, 0.15) is 6.42 Å². The van der Waals surface area contributed by atoms with E-state index in [-0.39, 0.29) is 0 Å². The largest absolute Gasteiger partial charge is 0.312 e. The quantitative estimate of drug-likeness (QED) is 0.744. The molecule has 1 aliphatic rings. The van der Waals surface area contributed by atoms with E-state index >= 15 is 0 Å². The van der Waals surface area contributed by atoms with Crippen molar-refractivity contribution in [2.24, 2.45) is 4.74 Å². The van der Waals surface area contributed by atoms with Gasteiger partial charge < -0.3 is 9.05 Å². The maximum Gasteiger partial charge on any atom is 0.294 e. The SMILES string of the molecule is CN(C)P1(=Nc2ccccc2)OCCCO1. The molecule has 0 amide bonds. The molecule has 1 aromatic carbocycles. The first-order valence-electron chi connectivity index (χ1n) is 5.37. The molecule has 1 aliphatic heterocycles. The van der Waals surface area contributed by atoms with Crippen LogP contribution in [0.15, 0.2) is 35.1 Å². The van der Waals surface area contributed by atoms with Gasteiger partial charge in [0.15, 0.2) is 0 Å². The molecule has 1 saturated heterocycles. The van der Waals surface area contributed by atoms with Gasteiger partial charge in [-0.15, -0.1) is 0 Å². The molecule has 0 aliphatic carbocycles. The summed E-state index contributed by atoms with van der Waals surface area (Å²) < 4.78 is 18.2. The summed E-state index contributed by atoms with van der Waals surface area (Å²) in [6.07, 6.45) is 0.944. The molecule has 0 atom stereocenters. The first-order chi connectivity index (χ1) is 7.73. The Bertz CT molecular complexity index is 382. The molecule has 1 fully saturated rings. The van der Waals surface area contributed by atoms with Crippen molar-refractivity contribution in [3.05, 3.63) is 30.3 Å². The second-order valence-electron chi connectivity index (χ2n) is 3.79. The summed E-state index contributed by atoms with van der Waals surface area (Å²) in [5.41, 5.74) is 0.909. The highest BCUT2D eigenvalue weighted by Crippen LogP contribution is 2.57. The second kappa shape index (κ2) is 5.11. The average molecular weight is 240 g/mol. The van der Waals surface area contributed by atoms with Crippen molar-refractivity contribution in [1.82, 2.24) is 4.67 Å². The van der Waals surface area contributed by atoms with Gasteiger partial charge in [-0.05, 0) is 32.6 Å². The van der Waals surface area contributed by atoms with Crippen molar-refractivity contribution in [3.8, 4) is 0 Å². The predicted molar refractivity (Wildman–Crippen MR) is 65.7 cm³/mol. The topological polar surface area (TPSA) is 34.1 Å². The Kier molecular flexibility index (Phi) is 3.77. The molecular weight excluding hydrogens is 223 g/mol. The zero-order chi connectivity index (χ0) is 11.4. The van der Waals surface area contributed by atoms with E-state index in [9.17, 15) is 0 Å². The molecule has 0 spiro atoms. The van der Waals surface area contributed by atoms with Crippen LogP contribution >= 0.6 is 7.66 Å². The lowest BCUT2D eigenvalue weighted by Gasteiger charge is -2.32. The van der Waals surface area contributed by atoms with Gasteiger partial charge in [0.25, 0.3) is 7.66 Å². The van der Waals surface area contributed by atoms with E-state index in [1.807, 2.05) is 49.1 Å². The third kappa shape index (κ3) is 2.53. The van der Waals surface area contributed by atoms with Crippen LogP contribution in [-0.2, 0) is 9.05 Å². The van der Waals surface area contributed by atoms with Crippen molar-refractivity contribution in [1.29, 1.82) is 0 Å². The molecule has 2 rings (SSSR count). The van der Waals surface area contributed by atoms with Crippen molar-refractivity contribution < 1.29 is 9.05 Å². The number of nitrogens with zero attached hydrogens (tertiary/aromatic N) is 2. The van der Waals surface area contributed by atoms with E-state index in [0.29, 0.717) is 0 Å². The van der Waals surface area contributed by atoms with Crippen LogP contribution in [0.5, 0.6) is 0 Å². The van der Waals surface area contributed by atoms with E-state index in [0.717, 1.165) is 25.3 Å². The van der Waals surface area contributed by atoms with E-state index in [1.165, 1.54) is 0 Å². The van der Waals surface area contributed by atoms with E-state index < -0.39 is 7.66 Å². The molecule has 0 saturated carbocycles. The Labute approximate surface area is 96.5 Å². The molecule has 0 bridgehead atoms. The van der Waals surface area contributed by atoms with Gasteiger partial charge >= 0.3 is 0 Å². The highest BCUT2D eigenvalue weighted by Gasteiger charge is 2.28. The highest BCUT2D eigenvalue weighted by atomic mass is 31.2. The van der Waals surface area contributed by atoms with Gasteiger partial charge in [-0.1, -0.05) is 18.2 Å². The first kappa shape index (κ1) is 11.8. The minimum absolute atomic E-state index is 0.724. The fourth-order valence-corrected chi connectivity index (χ4v) is 3.47. The highest BCUT2D eigenvalue weighted by molar-refractivity contribution is 7.54. The lowest BCUT2D eigenvalue weighted by molar-refractivity contribution is 0.149. The normalized spacial score (nSPS) is 19.7. The monoisotopic (exact) mass is 240 g/mol. The molecule has 88 valence electrons. The third-order valence-corrected chi connectivity index (χ3v) is 4.84. The van der Waals surface area contributed by atoms with Gasteiger partial charge in [-0.25, -0.2) is 9.42 Å². The molecule has 0 radical (unpaired) electrons. The molecule has 4 nitrogen and oxygen atoms in total. The Morgan fingerprint density at radius 3 is 2.31 bits per heavy atom. The summed E-state index contributed by atoms with van der Waals surface area (Å²) in [7, 11) is 1.67. The first-order valence-corrected chi connectivity index (χ1v) is 6.90. The summed E-state index contributed by atoms with van der Waals surface area (Å²) in [4.78, 5) is 0. The third-order valence-electron chi connectivity index (χ3n) is 2.31. The van der Waals surface area contributed by atoms with Crippen LogP contribution in [-0.4, -0.2) is 32.0 Å². The smallest absolute Gasteiger partial charge is 0.294 e. The zero-order valence-corrected chi connectivity index (χ0v) is 10.6. The van der Waals surface area contributed by atoms with Crippen molar-refractivity contribution >= 4 is 13.3 Å². The van der Waals surface area contributed by atoms with Crippen LogP contribution < -0.4 is 0 Å². The van der Waals surface area contributed by atoms with Crippen molar-refractivity contribution in [3.63, 3.8) is 0 Å². The van der Waals surface area contributed by atoms with Crippen molar-refractivity contribution in [2.75, 3.05) is 27.3 Å². The summed E-state index contributed by atoms with van der Waals surface area (Å²) in [6.45, 7) is 1.45. The summed E-state index contributed by atoms with van der Waals surface area (Å²) in [6, 6.07) is 9.84. The van der Waals surface area contributed by atoms with Gasteiger partial charge in [0.1, 0.15) is 0 Å². The zero-order valence-electron chi connectivity index (χ0n) is 9.67. The van der Waals surface area contributed by atoms with Crippen molar-refractivity contribution in [2.45, 2.75) is 6.42 Å². The molecule has 0 unspecified atom stereocenters. The number of benzene rings is 1. The van der Waals surface area contributed by atoms with E-state index in [4.69, 9.17) is 9.05 Å². The van der Waals surface area contributed by atoms with Crippen LogP contribution in [0, 0.1) is 0 Å². The Hall–Kier alpha value is -0.670. The lowest BCUT2D eigenvalue weighted by atomic mass is 10.3. The van der Waals surface area contributed by atoms with E-state index in [2.05, 4.69) is 4.74 Å². The maximum absolute atomic E-state index is 5.78. The van der Waals surface area contributed by atoms with E-state index in [1.54, 1.807) is 0 Å². The molecule has 1 heterocycles.